The van der Waals surface area contributed by atoms with Crippen molar-refractivity contribution in [1.82, 2.24) is 0 Å². The molecule has 19 heteroatoms. The highest BCUT2D eigenvalue weighted by atomic mass is 31.2. The molecular formula is C70H136O17P2. The average Bonchev–Trinajstić information content (AvgIpc) is 3.58. The van der Waals surface area contributed by atoms with Crippen LogP contribution < -0.4 is 0 Å². The Hall–Kier alpha value is -1.94. The number of carbonyl (C=O) groups is 4. The zero-order valence-electron chi connectivity index (χ0n) is 57.6. The molecule has 0 aromatic heterocycles. The number of hydrogen-bond donors (Lipinski definition) is 3. The SMILES string of the molecule is CCCCCCCCCCCCCCCCCCC(=O)O[C@H](COC(=O)CCCCCCCCCCCCCCC(C)C)COP(=O)(O)OC[C@@H](O)COP(=O)(O)OC[C@@H](COC(=O)CCCCCCCCCC)OC(=O)CCCCCCCCCCCC. The van der Waals surface area contributed by atoms with Gasteiger partial charge in [0.05, 0.1) is 26.4 Å². The Balaban J connectivity index is 5.21. The minimum atomic E-state index is -4.95. The van der Waals surface area contributed by atoms with Crippen LogP contribution in [0.1, 0.15) is 362 Å². The molecule has 2 unspecified atom stereocenters. The predicted octanol–water partition coefficient (Wildman–Crippen LogP) is 20.1. The van der Waals surface area contributed by atoms with E-state index in [-0.39, 0.29) is 25.7 Å². The number of rotatable bonds is 70. The van der Waals surface area contributed by atoms with Gasteiger partial charge in [0.2, 0.25) is 0 Å². The first-order chi connectivity index (χ1) is 43.0. The second kappa shape index (κ2) is 63.5. The van der Waals surface area contributed by atoms with Crippen LogP contribution in [0.25, 0.3) is 0 Å². The number of aliphatic hydroxyl groups is 1. The van der Waals surface area contributed by atoms with Crippen molar-refractivity contribution in [3.63, 3.8) is 0 Å². The summed E-state index contributed by atoms with van der Waals surface area (Å²) in [6, 6.07) is 0. The molecule has 0 radical (unpaired) electrons. The fourth-order valence-electron chi connectivity index (χ4n) is 10.6. The zero-order chi connectivity index (χ0) is 65.6. The van der Waals surface area contributed by atoms with Crippen LogP contribution in [0.3, 0.4) is 0 Å². The Morgan fingerprint density at radius 1 is 0.303 bits per heavy atom. The summed E-state index contributed by atoms with van der Waals surface area (Å²) < 4.78 is 68.2. The quantitative estimate of drug-likeness (QED) is 0.0222. The van der Waals surface area contributed by atoms with Gasteiger partial charge in [-0.15, -0.1) is 0 Å². The van der Waals surface area contributed by atoms with Gasteiger partial charge in [-0.3, -0.25) is 37.3 Å². The molecule has 0 heterocycles. The third kappa shape index (κ3) is 64.6. The lowest BCUT2D eigenvalue weighted by Crippen LogP contribution is -2.30. The maximum Gasteiger partial charge on any atom is 0.472 e. The van der Waals surface area contributed by atoms with Gasteiger partial charge in [0.15, 0.2) is 12.2 Å². The van der Waals surface area contributed by atoms with E-state index in [1.807, 2.05) is 0 Å². The molecule has 17 nitrogen and oxygen atoms in total. The van der Waals surface area contributed by atoms with Gasteiger partial charge in [-0.1, -0.05) is 311 Å². The van der Waals surface area contributed by atoms with Gasteiger partial charge in [-0.2, -0.15) is 0 Å². The Bertz CT molecular complexity index is 1720. The van der Waals surface area contributed by atoms with E-state index < -0.39 is 97.5 Å². The molecule has 0 amide bonds. The predicted molar refractivity (Wildman–Crippen MR) is 358 cm³/mol. The standard InChI is InChI=1S/C70H136O17P2/c1-6-9-12-15-18-21-23-24-25-26-27-32-36-41-46-51-56-70(75)87-66(60-81-68(73)54-49-44-39-35-31-29-28-30-33-37-42-47-52-63(4)5)62-85-89(78,79)83-58-64(71)57-82-88(76,77)84-61-65(59-80-67(72)53-48-43-38-20-17-14-11-8-3)86-69(74)55-50-45-40-34-22-19-16-13-10-7-2/h63-66,71H,6-62H2,1-5H3,(H,76,77)(H,78,79)/t64-,65+,66+/m0/s1. The molecule has 0 bridgehead atoms. The van der Waals surface area contributed by atoms with Crippen LogP contribution in [-0.4, -0.2) is 96.7 Å². The Kier molecular flexibility index (Phi) is 62.1. The molecule has 528 valence electrons. The number of carbonyl (C=O) groups excluding carboxylic acids is 4. The first kappa shape index (κ1) is 87.1. The van der Waals surface area contributed by atoms with Gasteiger partial charge in [0.25, 0.3) is 0 Å². The third-order valence-corrected chi connectivity index (χ3v) is 18.2. The third-order valence-electron chi connectivity index (χ3n) is 16.3. The van der Waals surface area contributed by atoms with Crippen molar-refractivity contribution in [3.05, 3.63) is 0 Å². The number of phosphoric ester groups is 2. The molecule has 0 aromatic carbocycles. The summed E-state index contributed by atoms with van der Waals surface area (Å²) >= 11 is 0. The first-order valence-corrected chi connectivity index (χ1v) is 39.6. The van der Waals surface area contributed by atoms with Gasteiger partial charge in [0, 0.05) is 25.7 Å². The fourth-order valence-corrected chi connectivity index (χ4v) is 12.2. The zero-order valence-corrected chi connectivity index (χ0v) is 59.4. The van der Waals surface area contributed by atoms with Gasteiger partial charge in [0.1, 0.15) is 19.3 Å². The lowest BCUT2D eigenvalue weighted by atomic mass is 10.0. The molecule has 89 heavy (non-hydrogen) atoms. The van der Waals surface area contributed by atoms with E-state index in [0.29, 0.717) is 25.7 Å². The van der Waals surface area contributed by atoms with Crippen LogP contribution in [0.4, 0.5) is 0 Å². The number of aliphatic hydroxyl groups excluding tert-OH is 1. The summed E-state index contributed by atoms with van der Waals surface area (Å²) in [6.07, 6.45) is 49.9. The van der Waals surface area contributed by atoms with Crippen LogP contribution in [0, 0.1) is 5.92 Å². The Morgan fingerprint density at radius 3 is 0.764 bits per heavy atom. The van der Waals surface area contributed by atoms with E-state index in [9.17, 15) is 43.2 Å². The summed E-state index contributed by atoms with van der Waals surface area (Å²) in [6.45, 7) is 7.23. The smallest absolute Gasteiger partial charge is 0.462 e. The maximum atomic E-state index is 13.0. The minimum absolute atomic E-state index is 0.106. The molecule has 0 saturated heterocycles. The van der Waals surface area contributed by atoms with Crippen molar-refractivity contribution in [2.75, 3.05) is 39.6 Å². The molecule has 0 spiro atoms. The van der Waals surface area contributed by atoms with E-state index in [1.165, 1.54) is 180 Å². The molecule has 0 aliphatic rings. The number of unbranched alkanes of at least 4 members (excludes halogenated alkanes) is 42. The molecule has 0 rings (SSSR count). The summed E-state index contributed by atoms with van der Waals surface area (Å²) in [5.74, 6) is -1.34. The van der Waals surface area contributed by atoms with E-state index in [1.54, 1.807) is 0 Å². The fraction of sp³-hybridized carbons (Fsp3) is 0.943. The Morgan fingerprint density at radius 2 is 0.517 bits per heavy atom. The summed E-state index contributed by atoms with van der Waals surface area (Å²) in [5, 5.41) is 10.6. The Labute approximate surface area is 543 Å². The highest BCUT2D eigenvalue weighted by Gasteiger charge is 2.30. The second-order valence-electron chi connectivity index (χ2n) is 25.7. The molecule has 5 atom stereocenters. The van der Waals surface area contributed by atoms with Crippen LogP contribution in [0.15, 0.2) is 0 Å². The van der Waals surface area contributed by atoms with Crippen LogP contribution >= 0.6 is 15.6 Å². The first-order valence-electron chi connectivity index (χ1n) is 36.6. The van der Waals surface area contributed by atoms with Crippen LogP contribution in [0.5, 0.6) is 0 Å². The largest absolute Gasteiger partial charge is 0.472 e. The summed E-state index contributed by atoms with van der Waals surface area (Å²) in [7, 11) is -9.89. The minimum Gasteiger partial charge on any atom is -0.462 e. The molecule has 0 aromatic rings. The molecule has 3 N–H and O–H groups in total. The van der Waals surface area contributed by atoms with Crippen LogP contribution in [-0.2, 0) is 65.4 Å². The maximum absolute atomic E-state index is 13.0. The normalized spacial score (nSPS) is 14.1. The summed E-state index contributed by atoms with van der Waals surface area (Å²) in [5.41, 5.74) is 0. The lowest BCUT2D eigenvalue weighted by molar-refractivity contribution is -0.161. The van der Waals surface area contributed by atoms with Crippen molar-refractivity contribution < 1.29 is 80.2 Å². The summed E-state index contributed by atoms with van der Waals surface area (Å²) in [4.78, 5) is 72.4. The monoisotopic (exact) mass is 1310 g/mol. The molecule has 0 fully saturated rings. The van der Waals surface area contributed by atoms with Crippen molar-refractivity contribution in [1.29, 1.82) is 0 Å². The number of phosphoric acid groups is 2. The van der Waals surface area contributed by atoms with Crippen molar-refractivity contribution in [2.24, 2.45) is 5.92 Å². The van der Waals surface area contributed by atoms with Gasteiger partial charge >= 0.3 is 39.5 Å². The second-order valence-corrected chi connectivity index (χ2v) is 28.7. The van der Waals surface area contributed by atoms with Crippen molar-refractivity contribution >= 4 is 39.5 Å². The highest BCUT2D eigenvalue weighted by Crippen LogP contribution is 2.45. The van der Waals surface area contributed by atoms with Gasteiger partial charge in [-0.05, 0) is 31.6 Å². The van der Waals surface area contributed by atoms with Crippen molar-refractivity contribution in [2.45, 2.75) is 380 Å². The van der Waals surface area contributed by atoms with E-state index >= 15 is 0 Å². The molecular weight excluding hydrogens is 1170 g/mol. The van der Waals surface area contributed by atoms with E-state index in [0.717, 1.165) is 102 Å². The van der Waals surface area contributed by atoms with E-state index in [2.05, 4.69) is 34.6 Å². The number of ether oxygens (including phenoxy) is 4. The molecule has 0 aliphatic carbocycles. The van der Waals surface area contributed by atoms with Gasteiger partial charge in [-0.25, -0.2) is 9.13 Å². The number of esters is 4. The van der Waals surface area contributed by atoms with Crippen molar-refractivity contribution in [3.8, 4) is 0 Å². The topological polar surface area (TPSA) is 237 Å². The molecule has 0 aliphatic heterocycles. The van der Waals surface area contributed by atoms with Gasteiger partial charge < -0.3 is 33.8 Å². The van der Waals surface area contributed by atoms with Crippen LogP contribution in [0.2, 0.25) is 0 Å². The highest BCUT2D eigenvalue weighted by molar-refractivity contribution is 7.47. The molecule has 0 saturated carbocycles. The number of hydrogen-bond acceptors (Lipinski definition) is 15. The average molecular weight is 1310 g/mol. The lowest BCUT2D eigenvalue weighted by Gasteiger charge is -2.21. The van der Waals surface area contributed by atoms with E-state index in [4.69, 9.17) is 37.0 Å².